The molecule has 0 saturated carbocycles. The highest BCUT2D eigenvalue weighted by atomic mass is 35.5. The minimum absolute atomic E-state index is 0.0519. The molecule has 2 N–H and O–H groups in total. The highest BCUT2D eigenvalue weighted by Crippen LogP contribution is 2.46. The van der Waals surface area contributed by atoms with Crippen LogP contribution in [0.2, 0.25) is 5.02 Å². The monoisotopic (exact) mass is 462 g/mol. The third-order valence-corrected chi connectivity index (χ3v) is 7.80. The van der Waals surface area contributed by atoms with Gasteiger partial charge in [-0.2, -0.15) is 0 Å². The van der Waals surface area contributed by atoms with E-state index in [1.807, 2.05) is 6.07 Å². The van der Waals surface area contributed by atoms with E-state index in [1.165, 1.54) is 5.69 Å². The van der Waals surface area contributed by atoms with E-state index in [2.05, 4.69) is 34.1 Å². The van der Waals surface area contributed by atoms with Crippen molar-refractivity contribution < 1.29 is 19.7 Å². The Bertz CT molecular complexity index is 908. The zero-order valence-electron chi connectivity index (χ0n) is 17.2. The number of hydrogen-bond acceptors (Lipinski definition) is 6. The van der Waals surface area contributed by atoms with Crippen molar-refractivity contribution in [3.8, 4) is 5.75 Å². The first-order chi connectivity index (χ1) is 15.0. The van der Waals surface area contributed by atoms with E-state index < -0.39 is 16.8 Å². The van der Waals surface area contributed by atoms with Gasteiger partial charge in [-0.3, -0.25) is 9.69 Å². The predicted molar refractivity (Wildman–Crippen MR) is 124 cm³/mol. The molecule has 0 radical (unpaired) electrons. The van der Waals surface area contributed by atoms with Gasteiger partial charge >= 0.3 is 5.97 Å². The molecule has 2 heterocycles. The number of fused-ring (bicyclic) bond motifs is 1. The van der Waals surface area contributed by atoms with Crippen molar-refractivity contribution in [2.24, 2.45) is 0 Å². The van der Waals surface area contributed by atoms with Crippen LogP contribution in [0.5, 0.6) is 5.75 Å². The molecule has 1 fully saturated rings. The molecule has 2 atom stereocenters. The smallest absolute Gasteiger partial charge is 0.322 e. The van der Waals surface area contributed by atoms with Crippen LogP contribution in [-0.4, -0.2) is 71.3 Å². The van der Waals surface area contributed by atoms with Crippen LogP contribution < -0.4 is 9.64 Å². The Morgan fingerprint density at radius 2 is 1.90 bits per heavy atom. The molecule has 8 heteroatoms. The molecule has 0 aromatic heterocycles. The highest BCUT2D eigenvalue weighted by molar-refractivity contribution is 8.01. The third kappa shape index (κ3) is 4.95. The maximum absolute atomic E-state index is 12.3. The van der Waals surface area contributed by atoms with Crippen LogP contribution in [0.4, 0.5) is 5.69 Å². The summed E-state index contributed by atoms with van der Waals surface area (Å²) in [5.41, 5.74) is 1.24. The number of halogens is 1. The molecule has 2 aliphatic rings. The summed E-state index contributed by atoms with van der Waals surface area (Å²) in [7, 11) is 0. The summed E-state index contributed by atoms with van der Waals surface area (Å²) < 4.78 is 4.30. The highest BCUT2D eigenvalue weighted by Gasteiger charge is 2.48. The maximum atomic E-state index is 12.3. The van der Waals surface area contributed by atoms with E-state index in [-0.39, 0.29) is 6.61 Å². The zero-order valence-corrected chi connectivity index (χ0v) is 18.8. The Morgan fingerprint density at radius 3 is 2.61 bits per heavy atom. The lowest BCUT2D eigenvalue weighted by atomic mass is 9.95. The van der Waals surface area contributed by atoms with Crippen molar-refractivity contribution in [3.05, 3.63) is 53.6 Å². The van der Waals surface area contributed by atoms with Gasteiger partial charge in [0.1, 0.15) is 23.2 Å². The SMILES string of the molecule is O=C(O)[C@@]1(CCCN2CCN(c3ccccc3)CC2)Sc2cc(Cl)ccc2OC[C@@H]1O. The van der Waals surface area contributed by atoms with Crippen LogP contribution in [0.1, 0.15) is 12.8 Å². The van der Waals surface area contributed by atoms with E-state index in [4.69, 9.17) is 16.3 Å². The molecule has 2 aromatic rings. The Hall–Kier alpha value is -1.93. The molecule has 4 rings (SSSR count). The summed E-state index contributed by atoms with van der Waals surface area (Å²) in [6.07, 6.45) is -0.0870. The fourth-order valence-corrected chi connectivity index (χ4v) is 5.77. The standard InChI is InChI=1S/C23H27ClN2O4S/c24-17-7-8-19-20(15-17)31-23(22(28)29,21(27)16-30-19)9-4-10-25-11-13-26(14-12-25)18-5-2-1-3-6-18/h1-3,5-8,15,21,27H,4,9-14,16H2,(H,28,29)/t21-,23-/m0/s1. The molecule has 2 aromatic carbocycles. The van der Waals surface area contributed by atoms with Crippen LogP contribution in [0.15, 0.2) is 53.4 Å². The summed E-state index contributed by atoms with van der Waals surface area (Å²) in [5.74, 6) is -0.455. The summed E-state index contributed by atoms with van der Waals surface area (Å²) in [4.78, 5) is 17.7. The van der Waals surface area contributed by atoms with E-state index in [1.54, 1.807) is 18.2 Å². The first-order valence-electron chi connectivity index (χ1n) is 10.5. The van der Waals surface area contributed by atoms with Crippen LogP contribution >= 0.6 is 23.4 Å². The number of anilines is 1. The van der Waals surface area contributed by atoms with Crippen LogP contribution in [0.25, 0.3) is 0 Å². The van der Waals surface area contributed by atoms with Gasteiger partial charge in [0.2, 0.25) is 0 Å². The Kier molecular flexibility index (Phi) is 6.96. The zero-order chi connectivity index (χ0) is 21.8. The lowest BCUT2D eigenvalue weighted by Crippen LogP contribution is -2.50. The number of aliphatic carboxylic acids is 1. The molecular formula is C23H27ClN2O4S. The normalized spacial score (nSPS) is 24.2. The van der Waals surface area contributed by atoms with Gasteiger partial charge in [-0.05, 0) is 49.7 Å². The number of piperazine rings is 1. The molecule has 0 amide bonds. The second kappa shape index (κ2) is 9.69. The quantitative estimate of drug-likeness (QED) is 0.679. The van der Waals surface area contributed by atoms with Gasteiger partial charge in [-0.15, -0.1) is 11.8 Å². The van der Waals surface area contributed by atoms with E-state index in [9.17, 15) is 15.0 Å². The molecule has 0 unspecified atom stereocenters. The second-order valence-corrected chi connectivity index (χ2v) is 9.79. The van der Waals surface area contributed by atoms with Gasteiger partial charge in [0.25, 0.3) is 0 Å². The fourth-order valence-electron chi connectivity index (χ4n) is 4.19. The number of para-hydroxylation sites is 1. The molecule has 1 saturated heterocycles. The molecule has 0 spiro atoms. The molecule has 6 nitrogen and oxygen atoms in total. The number of aliphatic hydroxyl groups excluding tert-OH is 1. The molecule has 31 heavy (non-hydrogen) atoms. The number of ether oxygens (including phenoxy) is 1. The second-order valence-electron chi connectivity index (χ2n) is 7.98. The summed E-state index contributed by atoms with van der Waals surface area (Å²) in [6.45, 7) is 4.52. The number of thioether (sulfide) groups is 1. The van der Waals surface area contributed by atoms with Gasteiger partial charge < -0.3 is 19.8 Å². The Labute approximate surface area is 191 Å². The lowest BCUT2D eigenvalue weighted by molar-refractivity contribution is -0.144. The number of rotatable bonds is 6. The summed E-state index contributed by atoms with van der Waals surface area (Å²) >= 11 is 7.27. The molecule has 0 bridgehead atoms. The molecule has 166 valence electrons. The minimum atomic E-state index is -1.36. The van der Waals surface area contributed by atoms with E-state index in [0.717, 1.165) is 44.5 Å². The van der Waals surface area contributed by atoms with Crippen molar-refractivity contribution in [1.29, 1.82) is 0 Å². The Morgan fingerprint density at radius 1 is 1.16 bits per heavy atom. The van der Waals surface area contributed by atoms with Crippen molar-refractivity contribution in [1.82, 2.24) is 4.90 Å². The van der Waals surface area contributed by atoms with Crippen LogP contribution in [0, 0.1) is 0 Å². The average molecular weight is 463 g/mol. The van der Waals surface area contributed by atoms with Crippen molar-refractivity contribution >= 4 is 35.0 Å². The minimum Gasteiger partial charge on any atom is -0.490 e. The van der Waals surface area contributed by atoms with Crippen molar-refractivity contribution in [3.63, 3.8) is 0 Å². The van der Waals surface area contributed by atoms with Gasteiger partial charge in [0.15, 0.2) is 0 Å². The topological polar surface area (TPSA) is 73.2 Å². The molecule has 2 aliphatic heterocycles. The van der Waals surface area contributed by atoms with Crippen molar-refractivity contribution in [2.45, 2.75) is 28.6 Å². The fraction of sp³-hybridized carbons (Fsp3) is 0.435. The number of carbonyl (C=O) groups is 1. The summed E-state index contributed by atoms with van der Waals surface area (Å²) in [6, 6.07) is 15.5. The average Bonchev–Trinajstić information content (AvgIpc) is 2.92. The van der Waals surface area contributed by atoms with Crippen LogP contribution in [0.3, 0.4) is 0 Å². The number of carboxylic acid groups (broad SMARTS) is 1. The number of nitrogens with zero attached hydrogens (tertiary/aromatic N) is 2. The molecular weight excluding hydrogens is 436 g/mol. The first-order valence-corrected chi connectivity index (χ1v) is 11.7. The largest absolute Gasteiger partial charge is 0.490 e. The van der Waals surface area contributed by atoms with Crippen molar-refractivity contribution in [2.75, 3.05) is 44.2 Å². The maximum Gasteiger partial charge on any atom is 0.322 e. The van der Waals surface area contributed by atoms with Gasteiger partial charge in [-0.25, -0.2) is 0 Å². The van der Waals surface area contributed by atoms with Gasteiger partial charge in [-0.1, -0.05) is 29.8 Å². The number of hydrogen-bond donors (Lipinski definition) is 2. The Balaban J connectivity index is 1.37. The first kappa shape index (κ1) is 22.3. The van der Waals surface area contributed by atoms with E-state index in [0.29, 0.717) is 28.5 Å². The summed E-state index contributed by atoms with van der Waals surface area (Å²) in [5, 5.41) is 21.3. The van der Waals surface area contributed by atoms with E-state index >= 15 is 0 Å². The number of benzene rings is 2. The number of carboxylic acids is 1. The molecule has 0 aliphatic carbocycles. The number of aliphatic hydroxyl groups is 1. The third-order valence-electron chi connectivity index (χ3n) is 6.01. The van der Waals surface area contributed by atoms with Gasteiger partial charge in [0, 0.05) is 36.9 Å². The van der Waals surface area contributed by atoms with Crippen LogP contribution in [-0.2, 0) is 4.79 Å². The predicted octanol–water partition coefficient (Wildman–Crippen LogP) is 3.61. The lowest BCUT2D eigenvalue weighted by Gasteiger charge is -2.37. The van der Waals surface area contributed by atoms with Gasteiger partial charge in [0.05, 0.1) is 4.90 Å².